The molecule has 0 spiro atoms. The monoisotopic (exact) mass is 340 g/mol. The van der Waals surface area contributed by atoms with Gasteiger partial charge in [0.1, 0.15) is 40.0 Å². The molecule has 6 heteroatoms. The third-order valence-electron chi connectivity index (χ3n) is 4.44. The van der Waals surface area contributed by atoms with Gasteiger partial charge in [0, 0.05) is 5.56 Å². The molecule has 26 heavy (non-hydrogen) atoms. The van der Waals surface area contributed by atoms with Crippen molar-refractivity contribution in [2.24, 2.45) is 0 Å². The average Bonchev–Trinajstić information content (AvgIpc) is 3.07. The van der Waals surface area contributed by atoms with Crippen molar-refractivity contribution in [1.29, 1.82) is 10.5 Å². The first-order chi connectivity index (χ1) is 12.7. The van der Waals surface area contributed by atoms with Crippen LogP contribution in [-0.2, 0) is 0 Å². The zero-order valence-electron chi connectivity index (χ0n) is 13.9. The van der Waals surface area contributed by atoms with Gasteiger partial charge in [-0.3, -0.25) is 4.98 Å². The number of nitriles is 2. The van der Waals surface area contributed by atoms with Crippen LogP contribution in [0.4, 0.5) is 5.82 Å². The zero-order valence-corrected chi connectivity index (χ0v) is 13.9. The first kappa shape index (κ1) is 15.5. The molecule has 0 saturated heterocycles. The van der Waals surface area contributed by atoms with E-state index in [0.717, 1.165) is 11.0 Å². The number of anilines is 1. The van der Waals surface area contributed by atoms with Gasteiger partial charge in [0.05, 0.1) is 7.11 Å². The molecule has 0 saturated carbocycles. The maximum absolute atomic E-state index is 9.88. The first-order valence-electron chi connectivity index (χ1n) is 7.92. The summed E-state index contributed by atoms with van der Waals surface area (Å²) in [7, 11) is 1.57. The topological polar surface area (TPSA) is 103 Å². The summed E-state index contributed by atoms with van der Waals surface area (Å²) in [6, 6.07) is 19.2. The Balaban J connectivity index is 2.22. The lowest BCUT2D eigenvalue weighted by atomic mass is 9.96. The van der Waals surface area contributed by atoms with Crippen LogP contribution in [0.1, 0.15) is 11.1 Å². The van der Waals surface area contributed by atoms with E-state index < -0.39 is 0 Å². The van der Waals surface area contributed by atoms with Crippen LogP contribution in [0.25, 0.3) is 27.8 Å². The number of methoxy groups -OCH3 is 1. The lowest BCUT2D eigenvalue weighted by molar-refractivity contribution is -0.464. The lowest BCUT2D eigenvalue weighted by Crippen LogP contribution is -2.28. The van der Waals surface area contributed by atoms with Gasteiger partial charge in [0.25, 0.3) is 5.65 Å². The number of aromatic nitrogens is 2. The molecule has 3 N–H and O–H groups in total. The third kappa shape index (κ3) is 2.07. The number of rotatable bonds is 2. The van der Waals surface area contributed by atoms with Gasteiger partial charge >= 0.3 is 0 Å². The molecule has 0 amide bonds. The van der Waals surface area contributed by atoms with Crippen molar-refractivity contribution in [3.8, 4) is 29.0 Å². The number of pyridine rings is 1. The van der Waals surface area contributed by atoms with Gasteiger partial charge in [-0.05, 0) is 29.8 Å². The highest BCUT2D eigenvalue weighted by molar-refractivity contribution is 5.87. The van der Waals surface area contributed by atoms with Crippen molar-refractivity contribution in [2.45, 2.75) is 0 Å². The summed E-state index contributed by atoms with van der Waals surface area (Å²) in [5.74, 6) is 0.926. The Morgan fingerprint density at radius 3 is 2.54 bits per heavy atom. The summed E-state index contributed by atoms with van der Waals surface area (Å²) in [5.41, 5.74) is 10.4. The van der Waals surface area contributed by atoms with Crippen LogP contribution < -0.4 is 14.9 Å². The lowest BCUT2D eigenvalue weighted by Gasteiger charge is -2.10. The SMILES string of the molecule is COc1cccc(-c2c(C#N)c(N)[n+]3c([nH]c4ccccc43)c2C#N)c1. The van der Waals surface area contributed by atoms with E-state index in [2.05, 4.69) is 17.1 Å². The number of hydrogen-bond acceptors (Lipinski definition) is 4. The van der Waals surface area contributed by atoms with Gasteiger partial charge in [-0.15, -0.1) is 0 Å². The number of imidazole rings is 1. The second kappa shape index (κ2) is 5.80. The molecule has 0 radical (unpaired) electrons. The summed E-state index contributed by atoms with van der Waals surface area (Å²) in [5, 5.41) is 19.7. The molecule has 2 heterocycles. The maximum Gasteiger partial charge on any atom is 0.250 e. The van der Waals surface area contributed by atoms with E-state index in [-0.39, 0.29) is 11.4 Å². The average molecular weight is 340 g/mol. The van der Waals surface area contributed by atoms with Crippen LogP contribution in [0.3, 0.4) is 0 Å². The van der Waals surface area contributed by atoms with E-state index in [1.165, 1.54) is 0 Å². The van der Waals surface area contributed by atoms with Crippen LogP contribution in [0.15, 0.2) is 48.5 Å². The van der Waals surface area contributed by atoms with Gasteiger partial charge in [-0.1, -0.05) is 24.3 Å². The number of aromatic amines is 1. The van der Waals surface area contributed by atoms with Crippen LogP contribution >= 0.6 is 0 Å². The van der Waals surface area contributed by atoms with Crippen molar-refractivity contribution in [2.75, 3.05) is 12.8 Å². The molecule has 124 valence electrons. The maximum atomic E-state index is 9.88. The Bertz CT molecular complexity index is 1260. The third-order valence-corrected chi connectivity index (χ3v) is 4.44. The van der Waals surface area contributed by atoms with Crippen molar-refractivity contribution < 1.29 is 9.14 Å². The summed E-state index contributed by atoms with van der Waals surface area (Å²) in [4.78, 5) is 3.25. The Morgan fingerprint density at radius 1 is 1.04 bits per heavy atom. The molecule has 0 aliphatic rings. The number of nitrogens with two attached hydrogens (primary N) is 1. The van der Waals surface area contributed by atoms with Crippen molar-refractivity contribution in [3.63, 3.8) is 0 Å². The minimum absolute atomic E-state index is 0.261. The molecular formula is C20H14N5O+. The van der Waals surface area contributed by atoms with Gasteiger partial charge in [-0.2, -0.15) is 14.9 Å². The largest absolute Gasteiger partial charge is 0.497 e. The standard InChI is InChI=1S/C20H13N5O/c1-26-13-6-4-5-12(9-13)18-14(10-21)19(23)25-17-8-3-2-7-16(17)24-20(25)15(18)11-22/h2-9H,1H3,(H2,23,24)/p+1. The normalized spacial score (nSPS) is 10.6. The Hall–Kier alpha value is -4.03. The number of fused-ring (bicyclic) bond motifs is 3. The van der Waals surface area contributed by atoms with E-state index in [1.54, 1.807) is 23.6 Å². The second-order valence-electron chi connectivity index (χ2n) is 5.79. The van der Waals surface area contributed by atoms with E-state index in [4.69, 9.17) is 10.5 Å². The molecule has 4 rings (SSSR count). The molecular weight excluding hydrogens is 326 g/mol. The molecule has 0 aliphatic carbocycles. The molecule has 0 bridgehead atoms. The Labute approximate surface area is 149 Å². The Morgan fingerprint density at radius 2 is 1.81 bits per heavy atom. The van der Waals surface area contributed by atoms with E-state index >= 15 is 0 Å². The molecule has 0 fully saturated rings. The second-order valence-corrected chi connectivity index (χ2v) is 5.79. The number of H-pyrrole nitrogens is 1. The molecule has 0 aliphatic heterocycles. The summed E-state index contributed by atoms with van der Waals surface area (Å²) in [6.07, 6.45) is 0. The fraction of sp³-hybridized carbons (Fsp3) is 0.0500. The van der Waals surface area contributed by atoms with Crippen LogP contribution in [0.5, 0.6) is 5.75 Å². The molecule has 0 unspecified atom stereocenters. The molecule has 0 atom stereocenters. The molecule has 2 aromatic heterocycles. The molecule has 2 aromatic carbocycles. The first-order valence-corrected chi connectivity index (χ1v) is 7.92. The summed E-state index contributed by atoms with van der Waals surface area (Å²) >= 11 is 0. The number of hydrogen-bond donors (Lipinski definition) is 2. The number of nitrogens with one attached hydrogen (secondary N) is 1. The highest BCUT2D eigenvalue weighted by atomic mass is 16.5. The van der Waals surface area contributed by atoms with Gasteiger partial charge in [0.2, 0.25) is 5.82 Å². The van der Waals surface area contributed by atoms with Crippen molar-refractivity contribution in [1.82, 2.24) is 4.98 Å². The number of ether oxygens (including phenoxy) is 1. The fourth-order valence-electron chi connectivity index (χ4n) is 3.28. The highest BCUT2D eigenvalue weighted by Crippen LogP contribution is 2.33. The number of nitrogen functional groups attached to an aromatic ring is 1. The van der Waals surface area contributed by atoms with Gasteiger partial charge in [0.15, 0.2) is 0 Å². The summed E-state index contributed by atoms with van der Waals surface area (Å²) in [6.45, 7) is 0. The minimum atomic E-state index is 0.261. The van der Waals surface area contributed by atoms with E-state index in [1.807, 2.05) is 36.4 Å². The molecule has 6 nitrogen and oxygen atoms in total. The predicted octanol–water partition coefficient (Wildman–Crippen LogP) is 2.91. The highest BCUT2D eigenvalue weighted by Gasteiger charge is 2.26. The minimum Gasteiger partial charge on any atom is -0.497 e. The Kier molecular flexibility index (Phi) is 3.46. The zero-order chi connectivity index (χ0) is 18.3. The summed E-state index contributed by atoms with van der Waals surface area (Å²) < 4.78 is 7.00. The van der Waals surface area contributed by atoms with Gasteiger partial charge < -0.3 is 10.5 Å². The van der Waals surface area contributed by atoms with Gasteiger partial charge in [-0.25, -0.2) is 0 Å². The van der Waals surface area contributed by atoms with E-state index in [9.17, 15) is 10.5 Å². The smallest absolute Gasteiger partial charge is 0.250 e. The predicted molar refractivity (Wildman–Crippen MR) is 97.3 cm³/mol. The van der Waals surface area contributed by atoms with Crippen LogP contribution in [0, 0.1) is 22.7 Å². The van der Waals surface area contributed by atoms with Crippen molar-refractivity contribution >= 4 is 22.5 Å². The molecule has 4 aromatic rings. The number of nitrogens with zero attached hydrogens (tertiary/aromatic N) is 3. The van der Waals surface area contributed by atoms with Crippen molar-refractivity contribution in [3.05, 3.63) is 59.7 Å². The number of benzene rings is 2. The van der Waals surface area contributed by atoms with Crippen LogP contribution in [0.2, 0.25) is 0 Å². The van der Waals surface area contributed by atoms with Crippen LogP contribution in [-0.4, -0.2) is 12.1 Å². The quantitative estimate of drug-likeness (QED) is 0.548. The number of para-hydroxylation sites is 2. The fourth-order valence-corrected chi connectivity index (χ4v) is 3.28. The van der Waals surface area contributed by atoms with E-state index in [0.29, 0.717) is 28.1 Å².